The lowest BCUT2D eigenvalue weighted by molar-refractivity contribution is -0.150. The summed E-state index contributed by atoms with van der Waals surface area (Å²) in [5.41, 5.74) is 1.16. The lowest BCUT2D eigenvalue weighted by atomic mass is 10.2. The number of esters is 1. The first-order valence-electron chi connectivity index (χ1n) is 8.52. The molecule has 0 radical (unpaired) electrons. The standard InChI is InChI=1S/C20H21ClN2O5/c1-13(23-19(25)14-7-9-16(21)10-8-14)20(26)28-12-18(24)22-11-15-5-3-4-6-17(15)27-2/h3-10,13H,11-12H2,1-2H3,(H,22,24)(H,23,25)/t13-/m0/s1. The number of nitrogens with one attached hydrogen (secondary N) is 2. The molecule has 2 aromatic rings. The maximum atomic E-state index is 12.1. The van der Waals surface area contributed by atoms with Crippen molar-refractivity contribution in [1.82, 2.24) is 10.6 Å². The van der Waals surface area contributed by atoms with E-state index >= 15 is 0 Å². The van der Waals surface area contributed by atoms with Crippen molar-refractivity contribution in [2.45, 2.75) is 19.5 Å². The fraction of sp³-hybridized carbons (Fsp3) is 0.250. The fourth-order valence-corrected chi connectivity index (χ4v) is 2.42. The molecule has 1 atom stereocenters. The van der Waals surface area contributed by atoms with Gasteiger partial charge >= 0.3 is 5.97 Å². The second kappa shape index (κ2) is 10.3. The molecule has 0 saturated heterocycles. The molecule has 0 saturated carbocycles. The van der Waals surface area contributed by atoms with Crippen LogP contribution in [0.4, 0.5) is 0 Å². The van der Waals surface area contributed by atoms with Gasteiger partial charge in [0.15, 0.2) is 6.61 Å². The van der Waals surface area contributed by atoms with Crippen LogP contribution in [0.1, 0.15) is 22.8 Å². The van der Waals surface area contributed by atoms with Gasteiger partial charge in [0.25, 0.3) is 11.8 Å². The highest BCUT2D eigenvalue weighted by molar-refractivity contribution is 6.30. The highest BCUT2D eigenvalue weighted by Gasteiger charge is 2.19. The van der Waals surface area contributed by atoms with Crippen molar-refractivity contribution in [2.75, 3.05) is 13.7 Å². The summed E-state index contributed by atoms with van der Waals surface area (Å²) in [6, 6.07) is 12.6. The first kappa shape index (κ1) is 21.2. The quantitative estimate of drug-likeness (QED) is 0.658. The number of para-hydroxylation sites is 1. The zero-order chi connectivity index (χ0) is 20.5. The lowest BCUT2D eigenvalue weighted by Crippen LogP contribution is -2.40. The molecule has 0 aliphatic heterocycles. The minimum Gasteiger partial charge on any atom is -0.496 e. The Morgan fingerprint density at radius 1 is 1.07 bits per heavy atom. The fourth-order valence-electron chi connectivity index (χ4n) is 2.30. The second-order valence-electron chi connectivity index (χ2n) is 5.90. The molecule has 2 rings (SSSR count). The highest BCUT2D eigenvalue weighted by Crippen LogP contribution is 2.16. The molecule has 2 N–H and O–H groups in total. The molecule has 0 spiro atoms. The Bertz CT molecular complexity index is 839. The summed E-state index contributed by atoms with van der Waals surface area (Å²) in [6.45, 7) is 1.27. The lowest BCUT2D eigenvalue weighted by Gasteiger charge is -2.14. The van der Waals surface area contributed by atoms with E-state index in [1.54, 1.807) is 37.4 Å². The van der Waals surface area contributed by atoms with Crippen molar-refractivity contribution in [3.8, 4) is 5.75 Å². The third-order valence-electron chi connectivity index (χ3n) is 3.82. The molecule has 0 aromatic heterocycles. The van der Waals surface area contributed by atoms with Gasteiger partial charge in [0.2, 0.25) is 0 Å². The molecule has 0 aliphatic carbocycles. The summed E-state index contributed by atoms with van der Waals surface area (Å²) < 4.78 is 10.2. The SMILES string of the molecule is COc1ccccc1CNC(=O)COC(=O)[C@H](C)NC(=O)c1ccc(Cl)cc1. The van der Waals surface area contributed by atoms with Crippen LogP contribution < -0.4 is 15.4 Å². The summed E-state index contributed by atoms with van der Waals surface area (Å²) in [6.07, 6.45) is 0. The van der Waals surface area contributed by atoms with Crippen molar-refractivity contribution in [3.63, 3.8) is 0 Å². The Morgan fingerprint density at radius 3 is 2.43 bits per heavy atom. The number of rotatable bonds is 8. The van der Waals surface area contributed by atoms with Gasteiger partial charge in [-0.25, -0.2) is 4.79 Å². The molecule has 148 valence electrons. The van der Waals surface area contributed by atoms with Crippen molar-refractivity contribution in [3.05, 3.63) is 64.7 Å². The third-order valence-corrected chi connectivity index (χ3v) is 4.07. The van der Waals surface area contributed by atoms with Crippen LogP contribution in [0, 0.1) is 0 Å². The predicted octanol–water partition coefficient (Wildman–Crippen LogP) is 2.33. The zero-order valence-corrected chi connectivity index (χ0v) is 16.3. The number of amides is 2. The Labute approximate surface area is 168 Å². The predicted molar refractivity (Wildman–Crippen MR) is 104 cm³/mol. The van der Waals surface area contributed by atoms with E-state index in [0.29, 0.717) is 16.3 Å². The largest absolute Gasteiger partial charge is 0.496 e. The van der Waals surface area contributed by atoms with E-state index in [0.717, 1.165) is 5.56 Å². The molecule has 0 fully saturated rings. The number of carbonyl (C=O) groups excluding carboxylic acids is 3. The number of hydrogen-bond donors (Lipinski definition) is 2. The summed E-state index contributed by atoms with van der Waals surface area (Å²) in [5.74, 6) is -0.967. The van der Waals surface area contributed by atoms with Crippen molar-refractivity contribution in [1.29, 1.82) is 0 Å². The van der Waals surface area contributed by atoms with Crippen LogP contribution in [-0.2, 0) is 20.9 Å². The van der Waals surface area contributed by atoms with E-state index in [4.69, 9.17) is 21.1 Å². The molecule has 28 heavy (non-hydrogen) atoms. The van der Waals surface area contributed by atoms with E-state index in [1.807, 2.05) is 18.2 Å². The maximum absolute atomic E-state index is 12.1. The van der Waals surface area contributed by atoms with Crippen LogP contribution in [0.15, 0.2) is 48.5 Å². The normalized spacial score (nSPS) is 11.2. The van der Waals surface area contributed by atoms with Gasteiger partial charge in [-0.15, -0.1) is 0 Å². The summed E-state index contributed by atoms with van der Waals surface area (Å²) in [4.78, 5) is 36.0. The number of ether oxygens (including phenoxy) is 2. The van der Waals surface area contributed by atoms with Gasteiger partial charge in [-0.2, -0.15) is 0 Å². The van der Waals surface area contributed by atoms with Crippen LogP contribution in [0.3, 0.4) is 0 Å². The van der Waals surface area contributed by atoms with Gasteiger partial charge in [0.1, 0.15) is 11.8 Å². The molecule has 0 bridgehead atoms. The van der Waals surface area contributed by atoms with Crippen LogP contribution in [0.25, 0.3) is 0 Å². The Kier molecular flexibility index (Phi) is 7.83. The van der Waals surface area contributed by atoms with Gasteiger partial charge in [-0.1, -0.05) is 29.8 Å². The first-order valence-corrected chi connectivity index (χ1v) is 8.90. The second-order valence-corrected chi connectivity index (χ2v) is 6.33. The topological polar surface area (TPSA) is 93.7 Å². The highest BCUT2D eigenvalue weighted by atomic mass is 35.5. The molecule has 0 unspecified atom stereocenters. The minimum absolute atomic E-state index is 0.239. The van der Waals surface area contributed by atoms with Crippen molar-refractivity contribution < 1.29 is 23.9 Å². The van der Waals surface area contributed by atoms with E-state index in [1.165, 1.54) is 6.92 Å². The van der Waals surface area contributed by atoms with Crippen molar-refractivity contribution in [2.24, 2.45) is 0 Å². The van der Waals surface area contributed by atoms with Gasteiger partial charge in [0, 0.05) is 22.7 Å². The van der Waals surface area contributed by atoms with Gasteiger partial charge in [-0.05, 0) is 37.3 Å². The van der Waals surface area contributed by atoms with Crippen LogP contribution in [0.2, 0.25) is 5.02 Å². The van der Waals surface area contributed by atoms with Crippen LogP contribution >= 0.6 is 11.6 Å². The first-order chi connectivity index (χ1) is 13.4. The Balaban J connectivity index is 1.76. The van der Waals surface area contributed by atoms with E-state index in [9.17, 15) is 14.4 Å². The number of halogens is 1. The molecule has 2 aromatic carbocycles. The number of carbonyl (C=O) groups is 3. The molecular weight excluding hydrogens is 384 g/mol. The molecule has 8 heteroatoms. The Hall–Kier alpha value is -3.06. The summed E-state index contributed by atoms with van der Waals surface area (Å²) in [5, 5.41) is 5.65. The molecular formula is C20H21ClN2O5. The average Bonchev–Trinajstić information content (AvgIpc) is 2.70. The number of methoxy groups -OCH3 is 1. The Morgan fingerprint density at radius 2 is 1.75 bits per heavy atom. The van der Waals surface area contributed by atoms with Gasteiger partial charge in [-0.3, -0.25) is 9.59 Å². The van der Waals surface area contributed by atoms with E-state index in [-0.39, 0.29) is 6.54 Å². The molecule has 0 heterocycles. The molecule has 7 nitrogen and oxygen atoms in total. The van der Waals surface area contributed by atoms with E-state index < -0.39 is 30.4 Å². The third kappa shape index (κ3) is 6.28. The smallest absolute Gasteiger partial charge is 0.328 e. The van der Waals surface area contributed by atoms with Crippen LogP contribution in [-0.4, -0.2) is 37.5 Å². The molecule has 0 aliphatic rings. The van der Waals surface area contributed by atoms with Crippen molar-refractivity contribution >= 4 is 29.4 Å². The average molecular weight is 405 g/mol. The monoisotopic (exact) mass is 404 g/mol. The molecule has 2 amide bonds. The van der Waals surface area contributed by atoms with Gasteiger partial charge < -0.3 is 20.1 Å². The van der Waals surface area contributed by atoms with Gasteiger partial charge in [0.05, 0.1) is 7.11 Å². The van der Waals surface area contributed by atoms with E-state index in [2.05, 4.69) is 10.6 Å². The zero-order valence-electron chi connectivity index (χ0n) is 15.5. The maximum Gasteiger partial charge on any atom is 0.328 e. The number of benzene rings is 2. The summed E-state index contributed by atoms with van der Waals surface area (Å²) >= 11 is 5.77. The number of hydrogen-bond acceptors (Lipinski definition) is 5. The van der Waals surface area contributed by atoms with Crippen LogP contribution in [0.5, 0.6) is 5.75 Å². The summed E-state index contributed by atoms with van der Waals surface area (Å²) in [7, 11) is 1.54. The minimum atomic E-state index is -0.912.